The molecule has 0 saturated carbocycles. The summed E-state index contributed by atoms with van der Waals surface area (Å²) in [6.07, 6.45) is 3.36. The fourth-order valence-corrected chi connectivity index (χ4v) is 3.66. The molecule has 0 aliphatic rings. The van der Waals surface area contributed by atoms with Gasteiger partial charge in [-0.3, -0.25) is 4.98 Å². The lowest BCUT2D eigenvalue weighted by Crippen LogP contribution is -1.94. The molecule has 0 fully saturated rings. The topological polar surface area (TPSA) is 12.9 Å². The van der Waals surface area contributed by atoms with Gasteiger partial charge in [-0.15, -0.1) is 6.58 Å². The lowest BCUT2D eigenvalue weighted by Gasteiger charge is -2.09. The summed E-state index contributed by atoms with van der Waals surface area (Å²) in [7, 11) is 0. The Hall–Kier alpha value is -4.13. The maximum absolute atomic E-state index is 14.7. The van der Waals surface area contributed by atoms with E-state index >= 15 is 0 Å². The molecule has 0 bridgehead atoms. The molecule has 0 unspecified atom stereocenters. The van der Waals surface area contributed by atoms with Crippen LogP contribution in [0.1, 0.15) is 18.4 Å². The van der Waals surface area contributed by atoms with Gasteiger partial charge in [-0.1, -0.05) is 48.5 Å². The Morgan fingerprint density at radius 2 is 1.33 bits per heavy atom. The van der Waals surface area contributed by atoms with Crippen LogP contribution in [0.2, 0.25) is 0 Å². The Labute approximate surface area is 204 Å². The van der Waals surface area contributed by atoms with E-state index in [2.05, 4.69) is 11.6 Å². The minimum Gasteiger partial charge on any atom is -0.256 e. The van der Waals surface area contributed by atoms with Gasteiger partial charge in [-0.05, 0) is 41.8 Å². The van der Waals surface area contributed by atoms with Crippen LogP contribution in [-0.4, -0.2) is 4.98 Å². The van der Waals surface area contributed by atoms with Crippen molar-refractivity contribution in [2.75, 3.05) is 0 Å². The average Bonchev–Trinajstić information content (AvgIpc) is 2.89. The molecule has 0 aliphatic heterocycles. The second kappa shape index (κ2) is 10.6. The van der Waals surface area contributed by atoms with E-state index in [0.717, 1.165) is 17.7 Å². The number of rotatable bonds is 7. The highest BCUT2D eigenvalue weighted by Crippen LogP contribution is 2.31. The molecule has 0 radical (unpaired) electrons. The molecule has 0 aliphatic carbocycles. The Morgan fingerprint density at radius 1 is 0.722 bits per heavy atom. The number of aromatic nitrogens is 1. The average molecular weight is 495 g/mol. The van der Waals surface area contributed by atoms with Crippen molar-refractivity contribution in [3.05, 3.63) is 120 Å². The zero-order valence-electron chi connectivity index (χ0n) is 18.8. The maximum atomic E-state index is 14.7. The molecule has 4 aromatic rings. The fourth-order valence-electron chi connectivity index (χ4n) is 3.66. The monoisotopic (exact) mass is 495 g/mol. The summed E-state index contributed by atoms with van der Waals surface area (Å²) in [5.41, 5.74) is 2.19. The van der Waals surface area contributed by atoms with Gasteiger partial charge in [0.05, 0.1) is 5.69 Å². The van der Waals surface area contributed by atoms with E-state index in [0.29, 0.717) is 23.2 Å². The first-order chi connectivity index (χ1) is 17.3. The second-order valence-corrected chi connectivity index (χ2v) is 8.00. The van der Waals surface area contributed by atoms with Gasteiger partial charge in [0.2, 0.25) is 0 Å². The Morgan fingerprint density at radius 3 is 1.92 bits per heavy atom. The second-order valence-electron chi connectivity index (χ2n) is 8.00. The first kappa shape index (κ1) is 25.0. The SMILES string of the molecule is C=CCCC(F)=C(F)c1ccc(-c2ccc(-c3ccc(-c4cc(F)c(F)c(F)c4)c(F)c3)nc2)cc1. The molecule has 182 valence electrons. The van der Waals surface area contributed by atoms with Gasteiger partial charge in [0.25, 0.3) is 0 Å². The third-order valence-electron chi connectivity index (χ3n) is 5.60. The van der Waals surface area contributed by atoms with E-state index < -0.39 is 34.9 Å². The summed E-state index contributed by atoms with van der Waals surface area (Å²) in [6.45, 7) is 3.49. The van der Waals surface area contributed by atoms with E-state index in [-0.39, 0.29) is 23.1 Å². The van der Waals surface area contributed by atoms with Crippen LogP contribution >= 0.6 is 0 Å². The van der Waals surface area contributed by atoms with Crippen molar-refractivity contribution in [2.45, 2.75) is 12.8 Å². The molecule has 0 spiro atoms. The number of benzene rings is 3. The van der Waals surface area contributed by atoms with E-state index in [1.807, 2.05) is 0 Å². The summed E-state index contributed by atoms with van der Waals surface area (Å²) in [5, 5.41) is 0. The number of halogens is 6. The molecular weight excluding hydrogens is 476 g/mol. The Balaban J connectivity index is 1.55. The molecule has 1 nitrogen and oxygen atoms in total. The first-order valence-electron chi connectivity index (χ1n) is 10.9. The van der Waals surface area contributed by atoms with Crippen molar-refractivity contribution in [2.24, 2.45) is 0 Å². The minimum atomic E-state index is -1.62. The van der Waals surface area contributed by atoms with Crippen molar-refractivity contribution < 1.29 is 26.3 Å². The van der Waals surface area contributed by atoms with Crippen LogP contribution in [0.15, 0.2) is 91.4 Å². The van der Waals surface area contributed by atoms with Crippen LogP contribution in [0, 0.1) is 23.3 Å². The maximum Gasteiger partial charge on any atom is 0.194 e. The largest absolute Gasteiger partial charge is 0.256 e. The molecule has 7 heteroatoms. The van der Waals surface area contributed by atoms with Crippen LogP contribution in [0.3, 0.4) is 0 Å². The third-order valence-corrected chi connectivity index (χ3v) is 5.60. The molecule has 3 aromatic carbocycles. The number of hydrogen-bond donors (Lipinski definition) is 0. The van der Waals surface area contributed by atoms with Crippen LogP contribution < -0.4 is 0 Å². The van der Waals surface area contributed by atoms with Gasteiger partial charge in [0.15, 0.2) is 23.3 Å². The summed E-state index contributed by atoms with van der Waals surface area (Å²) < 4.78 is 83.1. The van der Waals surface area contributed by atoms with E-state index in [1.165, 1.54) is 36.4 Å². The number of nitrogens with zero attached hydrogens (tertiary/aromatic N) is 1. The van der Waals surface area contributed by atoms with E-state index in [9.17, 15) is 26.3 Å². The van der Waals surface area contributed by atoms with Crippen LogP contribution in [0.25, 0.3) is 39.3 Å². The zero-order valence-corrected chi connectivity index (χ0v) is 18.8. The molecule has 0 N–H and O–H groups in total. The lowest BCUT2D eigenvalue weighted by atomic mass is 10.0. The van der Waals surface area contributed by atoms with Gasteiger partial charge in [-0.2, -0.15) is 0 Å². The third kappa shape index (κ3) is 5.25. The number of hydrogen-bond acceptors (Lipinski definition) is 1. The summed E-state index contributed by atoms with van der Waals surface area (Å²) in [5.74, 6) is -6.93. The summed E-state index contributed by atoms with van der Waals surface area (Å²) in [4.78, 5) is 4.34. The number of allylic oxidation sites excluding steroid dienone is 2. The van der Waals surface area contributed by atoms with Crippen LogP contribution in [0.4, 0.5) is 26.3 Å². The molecule has 1 aromatic heterocycles. The van der Waals surface area contributed by atoms with Crippen molar-refractivity contribution in [1.82, 2.24) is 4.98 Å². The van der Waals surface area contributed by atoms with Gasteiger partial charge >= 0.3 is 0 Å². The lowest BCUT2D eigenvalue weighted by molar-refractivity contribution is 0.447. The minimum absolute atomic E-state index is 0.0539. The smallest absolute Gasteiger partial charge is 0.194 e. The highest BCUT2D eigenvalue weighted by molar-refractivity contribution is 5.72. The number of pyridine rings is 1. The van der Waals surface area contributed by atoms with Gasteiger partial charge in [0, 0.05) is 34.9 Å². The van der Waals surface area contributed by atoms with Gasteiger partial charge in [0.1, 0.15) is 11.6 Å². The summed E-state index contributed by atoms with van der Waals surface area (Å²) >= 11 is 0. The Bertz CT molecular complexity index is 1420. The molecule has 36 heavy (non-hydrogen) atoms. The van der Waals surface area contributed by atoms with Crippen molar-refractivity contribution in [1.29, 1.82) is 0 Å². The zero-order chi connectivity index (χ0) is 25.8. The first-order valence-corrected chi connectivity index (χ1v) is 10.9. The predicted octanol–water partition coefficient (Wildman–Crippen LogP) is 9.21. The standard InChI is InChI=1S/C29H19F6N/c1-2-3-4-23(30)28(34)18-7-5-17(6-8-18)20-10-12-27(36-16-20)19-9-11-22(24(31)13-19)21-14-25(32)29(35)26(33)15-21/h2,5-16H,1,3-4H2. The predicted molar refractivity (Wildman–Crippen MR) is 129 cm³/mol. The Kier molecular flexibility index (Phi) is 7.38. The summed E-state index contributed by atoms with van der Waals surface area (Å²) in [6, 6.07) is 15.1. The highest BCUT2D eigenvalue weighted by Gasteiger charge is 2.15. The molecule has 1 heterocycles. The highest BCUT2D eigenvalue weighted by atomic mass is 19.2. The normalized spacial score (nSPS) is 11.8. The molecule has 4 rings (SSSR count). The van der Waals surface area contributed by atoms with Crippen molar-refractivity contribution >= 4 is 5.83 Å². The molecule has 0 amide bonds. The molecule has 0 saturated heterocycles. The van der Waals surface area contributed by atoms with E-state index in [4.69, 9.17) is 0 Å². The van der Waals surface area contributed by atoms with Crippen molar-refractivity contribution in [3.63, 3.8) is 0 Å². The molecular formula is C29H19F6N. The van der Waals surface area contributed by atoms with Gasteiger partial charge < -0.3 is 0 Å². The quantitative estimate of drug-likeness (QED) is 0.141. The van der Waals surface area contributed by atoms with Crippen LogP contribution in [-0.2, 0) is 0 Å². The van der Waals surface area contributed by atoms with Crippen LogP contribution in [0.5, 0.6) is 0 Å². The molecule has 0 atom stereocenters. The van der Waals surface area contributed by atoms with E-state index in [1.54, 1.807) is 30.5 Å². The van der Waals surface area contributed by atoms with Crippen molar-refractivity contribution in [3.8, 4) is 33.5 Å². The fraction of sp³-hybridized carbons (Fsp3) is 0.0690. The van der Waals surface area contributed by atoms with Gasteiger partial charge in [-0.25, -0.2) is 26.3 Å².